The maximum atomic E-state index is 17.1. The molecule has 8 heterocycles. The van der Waals surface area contributed by atoms with Crippen LogP contribution in [0.5, 0.6) is 0 Å². The molecular formula is C46H50B2F4N6. The maximum Gasteiger partial charge on any atom is 0.737 e. The Morgan fingerprint density at radius 1 is 0.534 bits per heavy atom. The number of allylic oxidation sites excluding steroid dienone is 4. The highest BCUT2D eigenvalue weighted by atomic mass is 19.3. The van der Waals surface area contributed by atoms with E-state index in [1.165, 1.54) is 17.9 Å². The number of rotatable bonds is 6. The lowest BCUT2D eigenvalue weighted by Gasteiger charge is -2.34. The van der Waals surface area contributed by atoms with Crippen LogP contribution < -0.4 is 0 Å². The van der Waals surface area contributed by atoms with Gasteiger partial charge in [-0.25, -0.2) is 0 Å². The third kappa shape index (κ3) is 4.46. The molecule has 0 spiro atoms. The van der Waals surface area contributed by atoms with E-state index in [2.05, 4.69) is 0 Å². The average molecular weight is 785 g/mol. The second kappa shape index (κ2) is 12.6. The molecule has 12 heteroatoms. The van der Waals surface area contributed by atoms with Crippen LogP contribution in [-0.2, 0) is 12.8 Å². The first-order valence-electron chi connectivity index (χ1n) is 20.8. The van der Waals surface area contributed by atoms with Crippen LogP contribution in [0.15, 0.2) is 70.3 Å². The molecule has 0 saturated carbocycles. The lowest BCUT2D eigenvalue weighted by atomic mass is 9.82. The van der Waals surface area contributed by atoms with Crippen LogP contribution in [0.25, 0.3) is 33.0 Å². The predicted molar refractivity (Wildman–Crippen MR) is 230 cm³/mol. The fraction of sp³-hybridized carbons (Fsp3) is 0.348. The number of fused-ring (bicyclic) bond motifs is 7. The van der Waals surface area contributed by atoms with Crippen LogP contribution in [0.2, 0.25) is 0 Å². The molecule has 4 aliphatic rings. The molecule has 0 radical (unpaired) electrons. The van der Waals surface area contributed by atoms with Crippen molar-refractivity contribution in [2.24, 2.45) is 0 Å². The minimum absolute atomic E-state index is 0.543. The largest absolute Gasteiger partial charge is 0.737 e. The van der Waals surface area contributed by atoms with Crippen molar-refractivity contribution in [3.63, 3.8) is 0 Å². The summed E-state index contributed by atoms with van der Waals surface area (Å²) in [6.45, 7) is 14.8. The molecule has 0 saturated heterocycles. The van der Waals surface area contributed by atoms with E-state index in [1.807, 2.05) is 107 Å². The molecule has 1 aromatic carbocycles. The number of aromatic nitrogens is 4. The van der Waals surface area contributed by atoms with Crippen LogP contribution >= 0.6 is 0 Å². The molecule has 0 bridgehead atoms. The van der Waals surface area contributed by atoms with E-state index in [0.717, 1.165) is 77.6 Å². The molecule has 5 aromatic rings. The highest BCUT2D eigenvalue weighted by Crippen LogP contribution is 2.51. The number of hydrogen-bond acceptors (Lipinski definition) is 2. The fourth-order valence-electron chi connectivity index (χ4n) is 11.7. The van der Waals surface area contributed by atoms with Gasteiger partial charge in [0.25, 0.3) is 0 Å². The molecule has 0 unspecified atom stereocenters. The normalized spacial score (nSPS) is 18.5. The van der Waals surface area contributed by atoms with E-state index in [9.17, 15) is 0 Å². The average Bonchev–Trinajstić information content (AvgIpc) is 3.81. The van der Waals surface area contributed by atoms with Crippen LogP contribution in [0.3, 0.4) is 0 Å². The first kappa shape index (κ1) is 38.3. The lowest BCUT2D eigenvalue weighted by Crippen LogP contribution is -2.51. The number of nitrogens with zero attached hydrogens (tertiary/aromatic N) is 6. The Balaban J connectivity index is 1.39. The molecule has 4 aromatic heterocycles. The SMILES string of the molecule is CCC1=C(C)C2=C(c3ccnc4c3ccc3c(C5=C6C(C)=C(CC)C(C)=[N+]6[B-](F)(F)n6c(C)c(CC)c(C)c65)ccnc34)c3c(C)c(CC)c(C)n3[B-](F)(F)[N+]2=C1C. The zero-order valence-corrected chi connectivity index (χ0v) is 35.6. The number of hydrogen-bond donors (Lipinski definition) is 0. The summed E-state index contributed by atoms with van der Waals surface area (Å²) in [5.41, 5.74) is 16.0. The summed E-state index contributed by atoms with van der Waals surface area (Å²) in [4.78, 5) is 9.91. The molecule has 0 atom stereocenters. The summed E-state index contributed by atoms with van der Waals surface area (Å²) >= 11 is 0. The van der Waals surface area contributed by atoms with Gasteiger partial charge < -0.3 is 35.2 Å². The molecule has 58 heavy (non-hydrogen) atoms. The van der Waals surface area contributed by atoms with Crippen LogP contribution in [0.1, 0.15) is 124 Å². The monoisotopic (exact) mass is 784 g/mol. The summed E-state index contributed by atoms with van der Waals surface area (Å²) in [7, 11) is 0. The molecular weight excluding hydrogens is 734 g/mol. The quantitative estimate of drug-likeness (QED) is 0.0978. The zero-order valence-electron chi connectivity index (χ0n) is 35.6. The summed E-state index contributed by atoms with van der Waals surface area (Å²) in [5.74, 6) is 0. The van der Waals surface area contributed by atoms with Gasteiger partial charge in [-0.2, -0.15) is 0 Å². The van der Waals surface area contributed by atoms with E-state index in [1.54, 1.807) is 12.4 Å². The molecule has 0 amide bonds. The molecule has 0 aliphatic carbocycles. The smallest absolute Gasteiger partial charge is 0.393 e. The molecule has 9 rings (SSSR count). The van der Waals surface area contributed by atoms with Gasteiger partial charge in [-0.1, -0.05) is 39.8 Å². The Bertz CT molecular complexity index is 2770. The maximum absolute atomic E-state index is 17.1. The summed E-state index contributed by atoms with van der Waals surface area (Å²) in [5, 5.41) is 1.57. The van der Waals surface area contributed by atoms with Crippen molar-refractivity contribution >= 4 is 58.3 Å². The second-order valence-electron chi connectivity index (χ2n) is 16.5. The predicted octanol–water partition coefficient (Wildman–Crippen LogP) is 11.2. The Morgan fingerprint density at radius 3 is 1.22 bits per heavy atom. The zero-order chi connectivity index (χ0) is 41.7. The van der Waals surface area contributed by atoms with Gasteiger partial charge in [0.05, 0.1) is 22.2 Å². The molecule has 0 fully saturated rings. The Morgan fingerprint density at radius 2 is 0.897 bits per heavy atom. The van der Waals surface area contributed by atoms with Gasteiger partial charge in [-0.15, -0.1) is 0 Å². The highest BCUT2D eigenvalue weighted by Gasteiger charge is 2.58. The van der Waals surface area contributed by atoms with Crippen molar-refractivity contribution in [2.75, 3.05) is 0 Å². The van der Waals surface area contributed by atoms with Crippen molar-refractivity contribution in [3.05, 3.63) is 127 Å². The third-order valence-corrected chi connectivity index (χ3v) is 14.2. The minimum atomic E-state index is -4.19. The van der Waals surface area contributed by atoms with E-state index in [4.69, 9.17) is 9.97 Å². The van der Waals surface area contributed by atoms with E-state index in [0.29, 0.717) is 82.3 Å². The highest BCUT2D eigenvalue weighted by molar-refractivity contribution is 6.59. The molecule has 0 N–H and O–H groups in total. The van der Waals surface area contributed by atoms with Gasteiger partial charge in [0.15, 0.2) is 11.4 Å². The summed E-state index contributed by atoms with van der Waals surface area (Å²) in [6, 6.07) is 7.92. The van der Waals surface area contributed by atoms with E-state index in [-0.39, 0.29) is 0 Å². The topological polar surface area (TPSA) is 41.7 Å². The number of pyridine rings is 2. The van der Waals surface area contributed by atoms with Gasteiger partial charge in [0.1, 0.15) is 11.4 Å². The first-order valence-corrected chi connectivity index (χ1v) is 20.8. The van der Waals surface area contributed by atoms with Crippen molar-refractivity contribution in [3.8, 4) is 0 Å². The van der Waals surface area contributed by atoms with Crippen molar-refractivity contribution in [1.29, 1.82) is 0 Å². The van der Waals surface area contributed by atoms with Gasteiger partial charge in [-0.3, -0.25) is 9.97 Å². The van der Waals surface area contributed by atoms with E-state index >= 15 is 17.3 Å². The third-order valence-electron chi connectivity index (χ3n) is 14.2. The van der Waals surface area contributed by atoms with Gasteiger partial charge >= 0.3 is 13.9 Å². The first-order chi connectivity index (χ1) is 27.5. The standard InChI is InChI=1S/C46H50B2F4N6/c1-13-31-23(5)43-39(44-24(6)32(14-2)28(10)56(44)47(49,50)55(43)27(31)9)35-19-21-53-41-37(35)17-18-38-36(20-22-54-42(38)41)40-45-25(7)33(15-3)29(11)57(45)48(51,52)58-30(12)34(16-4)26(8)46(40)58/h17-22H,13-16H2,1-12H3. The molecule has 4 aliphatic heterocycles. The Labute approximate surface area is 337 Å². The lowest BCUT2D eigenvalue weighted by molar-refractivity contribution is -0.364. The second-order valence-corrected chi connectivity index (χ2v) is 16.5. The van der Waals surface area contributed by atoms with Gasteiger partial charge in [0.2, 0.25) is 0 Å². The molecule has 6 nitrogen and oxygen atoms in total. The van der Waals surface area contributed by atoms with Crippen LogP contribution in [0.4, 0.5) is 17.3 Å². The van der Waals surface area contributed by atoms with E-state index < -0.39 is 13.9 Å². The van der Waals surface area contributed by atoms with Crippen LogP contribution in [0, 0.1) is 27.7 Å². The Hall–Kier alpha value is -5.25. The van der Waals surface area contributed by atoms with Crippen molar-refractivity contribution in [1.82, 2.24) is 18.9 Å². The molecule has 298 valence electrons. The fourth-order valence-corrected chi connectivity index (χ4v) is 11.7. The Kier molecular flexibility index (Phi) is 8.33. The van der Waals surface area contributed by atoms with Crippen molar-refractivity contribution < 1.29 is 26.2 Å². The summed E-state index contributed by atoms with van der Waals surface area (Å²) < 4.78 is 73.7. The van der Waals surface area contributed by atoms with Gasteiger partial charge in [-0.05, 0) is 113 Å². The van der Waals surface area contributed by atoms with Gasteiger partial charge in [0, 0.05) is 81.8 Å². The van der Waals surface area contributed by atoms with Crippen LogP contribution in [-0.4, -0.2) is 53.3 Å². The minimum Gasteiger partial charge on any atom is -0.393 e. The van der Waals surface area contributed by atoms with Crippen molar-refractivity contribution in [2.45, 2.75) is 109 Å². The number of benzene rings is 1. The number of halogens is 4. The summed E-state index contributed by atoms with van der Waals surface area (Å²) in [6.07, 6.45) is 6.03.